The molecule has 1 aromatic heterocycles. The molecule has 0 radical (unpaired) electrons. The van der Waals surface area contributed by atoms with Crippen LogP contribution in [0.25, 0.3) is 0 Å². The first kappa shape index (κ1) is 8.48. The quantitative estimate of drug-likeness (QED) is 0.711. The lowest BCUT2D eigenvalue weighted by atomic mass is 9.95. The van der Waals surface area contributed by atoms with Crippen molar-refractivity contribution >= 4 is 0 Å². The van der Waals surface area contributed by atoms with E-state index in [2.05, 4.69) is 29.4 Å². The van der Waals surface area contributed by atoms with E-state index in [1.807, 2.05) is 0 Å². The molecule has 2 bridgehead atoms. The molecule has 0 spiro atoms. The minimum absolute atomic E-state index is 0.536. The van der Waals surface area contributed by atoms with Gasteiger partial charge in [-0.25, -0.2) is 0 Å². The van der Waals surface area contributed by atoms with Gasteiger partial charge in [-0.1, -0.05) is 13.8 Å². The maximum atomic E-state index is 4.45. The first-order valence-corrected chi connectivity index (χ1v) is 5.58. The highest BCUT2D eigenvalue weighted by molar-refractivity contribution is 5.35. The van der Waals surface area contributed by atoms with Crippen LogP contribution in [0.15, 0.2) is 0 Å². The summed E-state index contributed by atoms with van der Waals surface area (Å²) in [6.45, 7) is 4.44. The molecule has 0 saturated carbocycles. The third-order valence-corrected chi connectivity index (χ3v) is 3.50. The summed E-state index contributed by atoms with van der Waals surface area (Å²) in [7, 11) is 0. The second kappa shape index (κ2) is 2.83. The fourth-order valence-electron chi connectivity index (χ4n) is 2.84. The van der Waals surface area contributed by atoms with E-state index < -0.39 is 0 Å². The Hall–Kier alpha value is -0.830. The van der Waals surface area contributed by atoms with E-state index in [4.69, 9.17) is 0 Å². The van der Waals surface area contributed by atoms with Gasteiger partial charge in [-0.15, -0.1) is 0 Å². The molecule has 2 aliphatic rings. The van der Waals surface area contributed by atoms with Crippen LogP contribution in [0.3, 0.4) is 0 Å². The van der Waals surface area contributed by atoms with Gasteiger partial charge in [0.05, 0.1) is 5.69 Å². The molecule has 1 fully saturated rings. The maximum absolute atomic E-state index is 4.45. The maximum Gasteiger partial charge on any atom is 0.0698 e. The van der Waals surface area contributed by atoms with Crippen LogP contribution < -0.4 is 5.32 Å². The van der Waals surface area contributed by atoms with Crippen LogP contribution in [0.4, 0.5) is 0 Å². The van der Waals surface area contributed by atoms with Gasteiger partial charge in [0.2, 0.25) is 0 Å². The number of nitrogens with one attached hydrogen (secondary N) is 2. The zero-order valence-electron chi connectivity index (χ0n) is 8.80. The number of hydrogen-bond donors (Lipinski definition) is 2. The number of fused-ring (bicyclic) bond motifs is 4. The van der Waals surface area contributed by atoms with E-state index in [-0.39, 0.29) is 0 Å². The Labute approximate surface area is 84.3 Å². The number of rotatable bonds is 1. The van der Waals surface area contributed by atoms with Crippen LogP contribution in [0.1, 0.15) is 55.6 Å². The molecule has 14 heavy (non-hydrogen) atoms. The molecular weight excluding hydrogens is 174 g/mol. The van der Waals surface area contributed by atoms with E-state index in [1.54, 1.807) is 0 Å². The number of hydrogen-bond acceptors (Lipinski definition) is 2. The molecule has 0 unspecified atom stereocenters. The van der Waals surface area contributed by atoms with Crippen molar-refractivity contribution in [2.45, 2.75) is 51.1 Å². The molecule has 1 saturated heterocycles. The number of aromatic amines is 1. The van der Waals surface area contributed by atoms with Crippen molar-refractivity contribution in [2.24, 2.45) is 0 Å². The van der Waals surface area contributed by atoms with Crippen LogP contribution in [0.5, 0.6) is 0 Å². The second-order valence-corrected chi connectivity index (χ2v) is 4.85. The third-order valence-electron chi connectivity index (χ3n) is 3.50. The molecule has 2 N–H and O–H groups in total. The van der Waals surface area contributed by atoms with E-state index in [0.717, 1.165) is 6.42 Å². The van der Waals surface area contributed by atoms with Gasteiger partial charge >= 0.3 is 0 Å². The van der Waals surface area contributed by atoms with Crippen molar-refractivity contribution in [1.82, 2.24) is 15.5 Å². The van der Waals surface area contributed by atoms with Gasteiger partial charge in [-0.2, -0.15) is 5.10 Å². The highest BCUT2D eigenvalue weighted by Crippen LogP contribution is 2.38. The van der Waals surface area contributed by atoms with Crippen LogP contribution in [0, 0.1) is 0 Å². The molecule has 3 heterocycles. The average Bonchev–Trinajstić information content (AvgIpc) is 2.71. The summed E-state index contributed by atoms with van der Waals surface area (Å²) in [5, 5.41) is 11.3. The standard InChI is InChI=1S/C11H17N3/c1-6(2)11-10-8-4-3-7(12-8)5-9(10)13-14-11/h6-8,12H,3-5H2,1-2H3,(H,13,14)/t7-,8-/m1/s1. The monoisotopic (exact) mass is 191 g/mol. The molecule has 2 aliphatic heterocycles. The molecule has 0 aliphatic carbocycles. The molecule has 3 nitrogen and oxygen atoms in total. The zero-order chi connectivity index (χ0) is 9.71. The molecule has 0 amide bonds. The van der Waals surface area contributed by atoms with Crippen LogP contribution >= 0.6 is 0 Å². The largest absolute Gasteiger partial charge is 0.307 e. The fraction of sp³-hybridized carbons (Fsp3) is 0.727. The lowest BCUT2D eigenvalue weighted by Gasteiger charge is -2.22. The zero-order valence-corrected chi connectivity index (χ0v) is 8.80. The van der Waals surface area contributed by atoms with Gasteiger partial charge in [0, 0.05) is 29.8 Å². The first-order chi connectivity index (χ1) is 6.75. The van der Waals surface area contributed by atoms with E-state index >= 15 is 0 Å². The van der Waals surface area contributed by atoms with Crippen molar-refractivity contribution in [3.63, 3.8) is 0 Å². The summed E-state index contributed by atoms with van der Waals surface area (Å²) in [6, 6.07) is 1.29. The molecule has 2 atom stereocenters. The summed E-state index contributed by atoms with van der Waals surface area (Å²) in [4.78, 5) is 0. The lowest BCUT2D eigenvalue weighted by Crippen LogP contribution is -2.31. The molecule has 1 aromatic rings. The number of aromatic nitrogens is 2. The van der Waals surface area contributed by atoms with Gasteiger partial charge < -0.3 is 5.32 Å². The Bertz CT molecular complexity index is 353. The van der Waals surface area contributed by atoms with Crippen LogP contribution in [-0.2, 0) is 6.42 Å². The minimum atomic E-state index is 0.536. The van der Waals surface area contributed by atoms with Gasteiger partial charge in [0.25, 0.3) is 0 Å². The fourth-order valence-corrected chi connectivity index (χ4v) is 2.84. The Kier molecular flexibility index (Phi) is 1.71. The molecule has 3 rings (SSSR count). The van der Waals surface area contributed by atoms with Gasteiger partial charge in [-0.05, 0) is 18.8 Å². The van der Waals surface area contributed by atoms with Gasteiger partial charge in [0.1, 0.15) is 0 Å². The Morgan fingerprint density at radius 2 is 2.21 bits per heavy atom. The van der Waals surface area contributed by atoms with Crippen molar-refractivity contribution in [1.29, 1.82) is 0 Å². The smallest absolute Gasteiger partial charge is 0.0698 e. The van der Waals surface area contributed by atoms with Crippen molar-refractivity contribution in [3.05, 3.63) is 17.0 Å². The van der Waals surface area contributed by atoms with Gasteiger partial charge in [0.15, 0.2) is 0 Å². The summed E-state index contributed by atoms with van der Waals surface area (Å²) in [5.41, 5.74) is 4.14. The molecule has 76 valence electrons. The highest BCUT2D eigenvalue weighted by Gasteiger charge is 2.35. The Balaban J connectivity index is 2.08. The molecule has 3 heteroatoms. The predicted molar refractivity (Wildman–Crippen MR) is 55.3 cm³/mol. The third kappa shape index (κ3) is 1.05. The second-order valence-electron chi connectivity index (χ2n) is 4.85. The highest BCUT2D eigenvalue weighted by atomic mass is 15.2. The first-order valence-electron chi connectivity index (χ1n) is 5.58. The summed E-state index contributed by atoms with van der Waals surface area (Å²) in [6.07, 6.45) is 3.76. The van der Waals surface area contributed by atoms with Crippen LogP contribution in [-0.4, -0.2) is 16.2 Å². The van der Waals surface area contributed by atoms with Crippen molar-refractivity contribution < 1.29 is 0 Å². The summed E-state index contributed by atoms with van der Waals surface area (Å²) < 4.78 is 0. The predicted octanol–water partition coefficient (Wildman–Crippen LogP) is 1.88. The van der Waals surface area contributed by atoms with E-state index in [0.29, 0.717) is 18.0 Å². The Morgan fingerprint density at radius 3 is 3.00 bits per heavy atom. The van der Waals surface area contributed by atoms with E-state index in [1.165, 1.54) is 29.8 Å². The summed E-state index contributed by atoms with van der Waals surface area (Å²) >= 11 is 0. The van der Waals surface area contributed by atoms with Gasteiger partial charge in [-0.3, -0.25) is 5.10 Å². The lowest BCUT2D eigenvalue weighted by molar-refractivity contribution is 0.507. The molecular formula is C11H17N3. The van der Waals surface area contributed by atoms with E-state index in [9.17, 15) is 0 Å². The number of H-pyrrole nitrogens is 1. The van der Waals surface area contributed by atoms with Crippen molar-refractivity contribution in [2.75, 3.05) is 0 Å². The van der Waals surface area contributed by atoms with Crippen molar-refractivity contribution in [3.8, 4) is 0 Å². The summed E-state index contributed by atoms with van der Waals surface area (Å²) in [5.74, 6) is 0.536. The van der Waals surface area contributed by atoms with Crippen LogP contribution in [0.2, 0.25) is 0 Å². The Morgan fingerprint density at radius 1 is 1.36 bits per heavy atom. The molecule has 0 aromatic carbocycles. The SMILES string of the molecule is CC(C)c1n[nH]c2c1[C@H]1CC[C@H](C2)N1. The minimum Gasteiger partial charge on any atom is -0.307 e. The normalized spacial score (nSPS) is 29.6. The topological polar surface area (TPSA) is 40.7 Å². The average molecular weight is 191 g/mol. The number of nitrogens with zero attached hydrogens (tertiary/aromatic N) is 1.